The first kappa shape index (κ1) is 25.6. The summed E-state index contributed by atoms with van der Waals surface area (Å²) in [5, 5.41) is 3.51. The molecule has 1 amide bonds. The normalized spacial score (nSPS) is 15.5. The van der Waals surface area contributed by atoms with Crippen LogP contribution < -0.4 is 0 Å². The second-order valence-corrected chi connectivity index (χ2v) is 12.6. The average Bonchev–Trinajstić information content (AvgIpc) is 3.64. The van der Waals surface area contributed by atoms with Gasteiger partial charge in [-0.05, 0) is 65.1 Å². The van der Waals surface area contributed by atoms with Crippen molar-refractivity contribution in [2.24, 2.45) is 0 Å². The fourth-order valence-corrected chi connectivity index (χ4v) is 7.89. The van der Waals surface area contributed by atoms with Crippen molar-refractivity contribution in [2.75, 3.05) is 13.1 Å². The molecule has 0 N–H and O–H groups in total. The molecule has 0 spiro atoms. The number of sulfonamides is 1. The van der Waals surface area contributed by atoms with Crippen molar-refractivity contribution >= 4 is 38.0 Å². The molecule has 0 fully saturated rings. The van der Waals surface area contributed by atoms with E-state index in [-0.39, 0.29) is 29.9 Å². The summed E-state index contributed by atoms with van der Waals surface area (Å²) in [7, 11) is -4.05. The van der Waals surface area contributed by atoms with Crippen LogP contribution in [-0.4, -0.2) is 36.6 Å². The molecule has 5 aromatic rings. The summed E-state index contributed by atoms with van der Waals surface area (Å²) >= 11 is 1.71. The average molecular weight is 557 g/mol. The Labute approximate surface area is 232 Å². The highest BCUT2D eigenvalue weighted by molar-refractivity contribution is 7.89. The van der Waals surface area contributed by atoms with Crippen molar-refractivity contribution < 1.29 is 17.6 Å². The molecule has 0 saturated heterocycles. The van der Waals surface area contributed by atoms with Gasteiger partial charge in [-0.1, -0.05) is 60.7 Å². The van der Waals surface area contributed by atoms with Crippen molar-refractivity contribution in [3.05, 3.63) is 124 Å². The van der Waals surface area contributed by atoms with Gasteiger partial charge in [-0.3, -0.25) is 4.79 Å². The number of fused-ring (bicyclic) bond motifs is 2. The predicted molar refractivity (Wildman–Crippen MR) is 153 cm³/mol. The van der Waals surface area contributed by atoms with E-state index in [2.05, 4.69) is 17.5 Å². The van der Waals surface area contributed by atoms with Gasteiger partial charge in [0.05, 0.1) is 30.3 Å². The minimum Gasteiger partial charge on any atom is -0.468 e. The van der Waals surface area contributed by atoms with Crippen LogP contribution >= 0.6 is 11.3 Å². The third-order valence-electron chi connectivity index (χ3n) is 7.36. The van der Waals surface area contributed by atoms with Gasteiger partial charge < -0.3 is 9.32 Å². The zero-order valence-electron chi connectivity index (χ0n) is 21.5. The van der Waals surface area contributed by atoms with Crippen LogP contribution in [0.1, 0.15) is 33.4 Å². The molecule has 0 bridgehead atoms. The van der Waals surface area contributed by atoms with Crippen LogP contribution in [0.2, 0.25) is 0 Å². The molecule has 39 heavy (non-hydrogen) atoms. The van der Waals surface area contributed by atoms with E-state index in [9.17, 15) is 13.2 Å². The van der Waals surface area contributed by atoms with Crippen molar-refractivity contribution in [2.45, 2.75) is 30.8 Å². The molecule has 198 valence electrons. The Balaban J connectivity index is 1.39. The van der Waals surface area contributed by atoms with Gasteiger partial charge in [0.1, 0.15) is 5.76 Å². The molecule has 1 aliphatic heterocycles. The third kappa shape index (κ3) is 4.80. The first-order valence-corrected chi connectivity index (χ1v) is 15.2. The van der Waals surface area contributed by atoms with E-state index in [1.165, 1.54) is 15.4 Å². The first-order chi connectivity index (χ1) is 18.9. The molecule has 6 rings (SSSR count). The molecule has 1 aliphatic rings. The van der Waals surface area contributed by atoms with Crippen LogP contribution in [0, 0.1) is 6.92 Å². The highest BCUT2D eigenvalue weighted by Gasteiger charge is 2.36. The number of hydrogen-bond donors (Lipinski definition) is 0. The summed E-state index contributed by atoms with van der Waals surface area (Å²) in [6, 6.07) is 26.0. The highest BCUT2D eigenvalue weighted by atomic mass is 32.2. The lowest BCUT2D eigenvalue weighted by Crippen LogP contribution is -2.46. The Morgan fingerprint density at radius 2 is 1.77 bits per heavy atom. The minimum atomic E-state index is -4.05. The Kier molecular flexibility index (Phi) is 6.85. The molecule has 8 heteroatoms. The van der Waals surface area contributed by atoms with Crippen molar-refractivity contribution in [1.82, 2.24) is 9.21 Å². The summed E-state index contributed by atoms with van der Waals surface area (Å²) in [4.78, 5) is 17.4. The highest BCUT2D eigenvalue weighted by Crippen LogP contribution is 2.39. The summed E-state index contributed by atoms with van der Waals surface area (Å²) in [6.07, 6.45) is 2.26. The van der Waals surface area contributed by atoms with Gasteiger partial charge in [0.2, 0.25) is 15.9 Å². The van der Waals surface area contributed by atoms with E-state index >= 15 is 0 Å². The van der Waals surface area contributed by atoms with Gasteiger partial charge >= 0.3 is 0 Å². The van der Waals surface area contributed by atoms with Crippen LogP contribution in [0.3, 0.4) is 0 Å². The van der Waals surface area contributed by atoms with Crippen molar-refractivity contribution in [3.63, 3.8) is 0 Å². The molecule has 1 unspecified atom stereocenters. The maximum Gasteiger partial charge on any atom is 0.244 e. The largest absolute Gasteiger partial charge is 0.468 e. The van der Waals surface area contributed by atoms with Gasteiger partial charge in [0, 0.05) is 16.8 Å². The van der Waals surface area contributed by atoms with Gasteiger partial charge in [0.15, 0.2) is 0 Å². The Bertz CT molecular complexity index is 1740. The molecule has 0 aliphatic carbocycles. The standard InChI is InChI=1S/C31H28N2O4S2/c1-22-8-2-4-12-25(22)31-27-16-19-38-28(27)15-17-33(31)30(34)21-32(20-24-11-7-18-37-24)39(35,36)29-14-6-10-23-9-3-5-13-26(23)29/h2-14,16,18-19,31H,15,17,20-21H2,1H3. The number of rotatable bonds is 7. The molecular weight excluding hydrogens is 528 g/mol. The number of nitrogens with zero attached hydrogens (tertiary/aromatic N) is 2. The number of hydrogen-bond acceptors (Lipinski definition) is 5. The van der Waals surface area contributed by atoms with Gasteiger partial charge in [0.25, 0.3) is 0 Å². The topological polar surface area (TPSA) is 70.8 Å². The first-order valence-electron chi connectivity index (χ1n) is 12.8. The Hall–Kier alpha value is -3.72. The maximum absolute atomic E-state index is 14.2. The number of carbonyl (C=O) groups excluding carboxylic acids is 1. The number of benzene rings is 3. The lowest BCUT2D eigenvalue weighted by atomic mass is 9.90. The second-order valence-electron chi connectivity index (χ2n) is 9.73. The molecule has 0 saturated carbocycles. The maximum atomic E-state index is 14.2. The van der Waals surface area contributed by atoms with Crippen LogP contribution in [0.25, 0.3) is 10.8 Å². The smallest absolute Gasteiger partial charge is 0.244 e. The quantitative estimate of drug-likeness (QED) is 0.240. The van der Waals surface area contributed by atoms with E-state index < -0.39 is 10.0 Å². The molecule has 3 heterocycles. The monoisotopic (exact) mass is 556 g/mol. The molecule has 1 atom stereocenters. The van der Waals surface area contributed by atoms with E-state index in [0.29, 0.717) is 17.7 Å². The van der Waals surface area contributed by atoms with Crippen LogP contribution in [0.5, 0.6) is 0 Å². The van der Waals surface area contributed by atoms with E-state index in [1.807, 2.05) is 54.3 Å². The van der Waals surface area contributed by atoms with Gasteiger partial charge in [-0.2, -0.15) is 4.31 Å². The fraction of sp³-hybridized carbons (Fsp3) is 0.194. The lowest BCUT2D eigenvalue weighted by Gasteiger charge is -2.38. The summed E-state index contributed by atoms with van der Waals surface area (Å²) in [6.45, 7) is 2.23. The molecule has 3 aromatic carbocycles. The fourth-order valence-electron chi connectivity index (χ4n) is 5.42. The minimum absolute atomic E-state index is 0.0448. The zero-order valence-corrected chi connectivity index (χ0v) is 23.1. The zero-order chi connectivity index (χ0) is 27.0. The van der Waals surface area contributed by atoms with Gasteiger partial charge in [-0.15, -0.1) is 11.3 Å². The number of carbonyl (C=O) groups is 1. The van der Waals surface area contributed by atoms with E-state index in [4.69, 9.17) is 4.42 Å². The van der Waals surface area contributed by atoms with E-state index in [1.54, 1.807) is 41.7 Å². The Morgan fingerprint density at radius 3 is 2.59 bits per heavy atom. The van der Waals surface area contributed by atoms with Crippen molar-refractivity contribution in [3.8, 4) is 0 Å². The number of aryl methyl sites for hydroxylation is 1. The van der Waals surface area contributed by atoms with Crippen LogP contribution in [0.15, 0.2) is 106 Å². The SMILES string of the molecule is Cc1ccccc1C1c2ccsc2CCN1C(=O)CN(Cc1ccco1)S(=O)(=O)c1cccc2ccccc12. The van der Waals surface area contributed by atoms with Gasteiger partial charge in [-0.25, -0.2) is 8.42 Å². The van der Waals surface area contributed by atoms with Crippen LogP contribution in [0.4, 0.5) is 0 Å². The lowest BCUT2D eigenvalue weighted by molar-refractivity contribution is -0.133. The summed E-state index contributed by atoms with van der Waals surface area (Å²) < 4.78 is 35.1. The van der Waals surface area contributed by atoms with Crippen LogP contribution in [-0.2, 0) is 27.8 Å². The number of amides is 1. The molecular formula is C31H28N2O4S2. The second kappa shape index (κ2) is 10.4. The summed E-state index contributed by atoms with van der Waals surface area (Å²) in [5.74, 6) is 0.233. The predicted octanol–water partition coefficient (Wildman–Crippen LogP) is 6.17. The van der Waals surface area contributed by atoms with Crippen molar-refractivity contribution in [1.29, 1.82) is 0 Å². The Morgan fingerprint density at radius 1 is 0.974 bits per heavy atom. The third-order valence-corrected chi connectivity index (χ3v) is 10.2. The molecule has 0 radical (unpaired) electrons. The number of furan rings is 1. The summed E-state index contributed by atoms with van der Waals surface area (Å²) in [5.41, 5.74) is 3.26. The molecule has 2 aromatic heterocycles. The van der Waals surface area contributed by atoms with E-state index in [0.717, 1.165) is 28.5 Å². The molecule has 6 nitrogen and oxygen atoms in total. The number of thiophene rings is 1.